The van der Waals surface area contributed by atoms with Gasteiger partial charge in [-0.3, -0.25) is 0 Å². The van der Waals surface area contributed by atoms with Crippen molar-refractivity contribution in [2.75, 3.05) is 5.32 Å². The molecule has 0 amide bonds. The number of halogens is 1. The zero-order valence-corrected chi connectivity index (χ0v) is 12.5. The van der Waals surface area contributed by atoms with E-state index in [0.717, 1.165) is 17.6 Å². The third-order valence-corrected chi connectivity index (χ3v) is 3.46. The van der Waals surface area contributed by atoms with Crippen molar-refractivity contribution in [2.45, 2.75) is 26.2 Å². The number of imidazole rings is 1. The van der Waals surface area contributed by atoms with E-state index >= 15 is 0 Å². The van der Waals surface area contributed by atoms with Crippen molar-refractivity contribution in [3.8, 4) is 0 Å². The zero-order valence-electron chi connectivity index (χ0n) is 11.7. The Morgan fingerprint density at radius 1 is 1.19 bits per heavy atom. The van der Waals surface area contributed by atoms with Crippen LogP contribution < -0.4 is 5.32 Å². The number of nitrogens with one attached hydrogen (secondary N) is 2. The van der Waals surface area contributed by atoms with Crippen molar-refractivity contribution in [1.82, 2.24) is 19.9 Å². The van der Waals surface area contributed by atoms with E-state index in [-0.39, 0.29) is 5.28 Å². The van der Waals surface area contributed by atoms with Gasteiger partial charge in [-0.05, 0) is 42.1 Å². The van der Waals surface area contributed by atoms with Gasteiger partial charge in [-0.1, -0.05) is 25.5 Å². The number of aryl methyl sites for hydroxylation is 1. The summed E-state index contributed by atoms with van der Waals surface area (Å²) in [4.78, 5) is 15.4. The highest BCUT2D eigenvalue weighted by molar-refractivity contribution is 6.28. The molecule has 3 aromatic rings. The molecule has 2 N–H and O–H groups in total. The SMILES string of the molecule is CCCCc1ccc(Nc2nc(Cl)nc3nc[nH]c23)cc1. The van der Waals surface area contributed by atoms with Crippen molar-refractivity contribution in [2.24, 2.45) is 0 Å². The van der Waals surface area contributed by atoms with E-state index in [1.165, 1.54) is 18.4 Å². The monoisotopic (exact) mass is 301 g/mol. The van der Waals surface area contributed by atoms with Gasteiger partial charge in [0.2, 0.25) is 5.28 Å². The number of H-pyrrole nitrogens is 1. The van der Waals surface area contributed by atoms with Crippen LogP contribution in [0, 0.1) is 0 Å². The molecule has 1 aromatic carbocycles. The Bertz CT molecular complexity index is 735. The summed E-state index contributed by atoms with van der Waals surface area (Å²) in [5.74, 6) is 0.629. The predicted molar refractivity (Wildman–Crippen MR) is 85.0 cm³/mol. The lowest BCUT2D eigenvalue weighted by Crippen LogP contribution is -1.97. The van der Waals surface area contributed by atoms with Crippen molar-refractivity contribution < 1.29 is 0 Å². The van der Waals surface area contributed by atoms with Gasteiger partial charge in [0, 0.05) is 5.69 Å². The average molecular weight is 302 g/mol. The van der Waals surface area contributed by atoms with Gasteiger partial charge in [-0.15, -0.1) is 0 Å². The molecule has 0 aliphatic carbocycles. The molecular weight excluding hydrogens is 286 g/mol. The molecule has 0 unspecified atom stereocenters. The smallest absolute Gasteiger partial charge is 0.226 e. The fourth-order valence-electron chi connectivity index (χ4n) is 2.17. The maximum Gasteiger partial charge on any atom is 0.226 e. The molecule has 6 heteroatoms. The van der Waals surface area contributed by atoms with Crippen LogP contribution >= 0.6 is 11.6 Å². The summed E-state index contributed by atoms with van der Waals surface area (Å²) < 4.78 is 0. The van der Waals surface area contributed by atoms with Gasteiger partial charge >= 0.3 is 0 Å². The van der Waals surface area contributed by atoms with Crippen molar-refractivity contribution in [3.63, 3.8) is 0 Å². The minimum Gasteiger partial charge on any atom is -0.340 e. The number of benzene rings is 1. The Labute approximate surface area is 127 Å². The first-order valence-corrected chi connectivity index (χ1v) is 7.36. The van der Waals surface area contributed by atoms with Gasteiger partial charge in [0.25, 0.3) is 0 Å². The lowest BCUT2D eigenvalue weighted by Gasteiger charge is -2.07. The lowest BCUT2D eigenvalue weighted by atomic mass is 10.1. The van der Waals surface area contributed by atoms with E-state index in [4.69, 9.17) is 11.6 Å². The Morgan fingerprint density at radius 3 is 2.76 bits per heavy atom. The molecule has 108 valence electrons. The molecule has 0 radical (unpaired) electrons. The van der Waals surface area contributed by atoms with E-state index in [2.05, 4.69) is 44.3 Å². The van der Waals surface area contributed by atoms with E-state index in [1.807, 2.05) is 12.1 Å². The molecular formula is C15H16ClN5. The molecule has 21 heavy (non-hydrogen) atoms. The number of fused-ring (bicyclic) bond motifs is 1. The summed E-state index contributed by atoms with van der Waals surface area (Å²) in [6, 6.07) is 8.35. The van der Waals surface area contributed by atoms with Crippen LogP contribution in [-0.2, 0) is 6.42 Å². The van der Waals surface area contributed by atoms with Crippen molar-refractivity contribution >= 4 is 34.3 Å². The van der Waals surface area contributed by atoms with Crippen LogP contribution in [-0.4, -0.2) is 19.9 Å². The minimum atomic E-state index is 0.177. The van der Waals surface area contributed by atoms with E-state index in [9.17, 15) is 0 Å². The number of rotatable bonds is 5. The molecule has 0 atom stereocenters. The van der Waals surface area contributed by atoms with Crippen molar-refractivity contribution in [1.29, 1.82) is 0 Å². The van der Waals surface area contributed by atoms with Crippen LogP contribution in [0.2, 0.25) is 5.28 Å². The molecule has 0 saturated heterocycles. The van der Waals surface area contributed by atoms with E-state index in [1.54, 1.807) is 6.33 Å². The van der Waals surface area contributed by atoms with E-state index in [0.29, 0.717) is 11.5 Å². The molecule has 0 saturated carbocycles. The van der Waals surface area contributed by atoms with Crippen molar-refractivity contribution in [3.05, 3.63) is 41.4 Å². The van der Waals surface area contributed by atoms with Crippen LogP contribution in [0.15, 0.2) is 30.6 Å². The van der Waals surface area contributed by atoms with Gasteiger partial charge in [0.1, 0.15) is 5.52 Å². The first-order valence-electron chi connectivity index (χ1n) is 6.99. The van der Waals surface area contributed by atoms with Crippen LogP contribution in [0.3, 0.4) is 0 Å². The van der Waals surface area contributed by atoms with Gasteiger partial charge in [-0.2, -0.15) is 9.97 Å². The van der Waals surface area contributed by atoms with Crippen LogP contribution in [0.5, 0.6) is 0 Å². The number of aromatic nitrogens is 4. The summed E-state index contributed by atoms with van der Waals surface area (Å²) in [5.41, 5.74) is 3.60. The molecule has 2 heterocycles. The summed E-state index contributed by atoms with van der Waals surface area (Å²) >= 11 is 5.91. The summed E-state index contributed by atoms with van der Waals surface area (Å²) in [6.45, 7) is 2.20. The summed E-state index contributed by atoms with van der Waals surface area (Å²) in [7, 11) is 0. The molecule has 0 aliphatic rings. The number of aromatic amines is 1. The highest BCUT2D eigenvalue weighted by Crippen LogP contribution is 2.23. The number of nitrogens with zero attached hydrogens (tertiary/aromatic N) is 3. The second kappa shape index (κ2) is 6.10. The number of hydrogen-bond acceptors (Lipinski definition) is 4. The maximum absolute atomic E-state index is 5.91. The largest absolute Gasteiger partial charge is 0.340 e. The topological polar surface area (TPSA) is 66.5 Å². The number of anilines is 2. The molecule has 0 aliphatic heterocycles. The standard InChI is InChI=1S/C15H16ClN5/c1-2-3-4-10-5-7-11(8-6-10)19-14-12-13(18-9-17-12)20-15(16)21-14/h5-9H,2-4H2,1H3,(H2,17,18,19,20,21). The van der Waals surface area contributed by atoms with Crippen LogP contribution in [0.4, 0.5) is 11.5 Å². The Morgan fingerprint density at radius 2 is 2.00 bits per heavy atom. The molecule has 0 bridgehead atoms. The molecule has 0 fully saturated rings. The normalized spacial score (nSPS) is 11.0. The summed E-state index contributed by atoms with van der Waals surface area (Å²) in [6.07, 6.45) is 5.11. The third-order valence-electron chi connectivity index (χ3n) is 3.29. The molecule has 3 rings (SSSR count). The second-order valence-electron chi connectivity index (χ2n) is 4.87. The van der Waals surface area contributed by atoms with Crippen LogP contribution in [0.25, 0.3) is 11.2 Å². The third kappa shape index (κ3) is 3.13. The molecule has 0 spiro atoms. The Hall–Kier alpha value is -2.14. The van der Waals surface area contributed by atoms with E-state index < -0.39 is 0 Å². The lowest BCUT2D eigenvalue weighted by molar-refractivity contribution is 0.795. The first-order chi connectivity index (χ1) is 10.3. The Balaban J connectivity index is 1.83. The fourth-order valence-corrected chi connectivity index (χ4v) is 2.33. The Kier molecular flexibility index (Phi) is 4.01. The second-order valence-corrected chi connectivity index (χ2v) is 5.21. The number of unbranched alkanes of at least 4 members (excludes halogenated alkanes) is 1. The quantitative estimate of drug-likeness (QED) is 0.696. The fraction of sp³-hybridized carbons (Fsp3) is 0.267. The maximum atomic E-state index is 5.91. The zero-order chi connectivity index (χ0) is 14.7. The first kappa shape index (κ1) is 13.8. The highest BCUT2D eigenvalue weighted by atomic mass is 35.5. The van der Waals surface area contributed by atoms with Crippen LogP contribution in [0.1, 0.15) is 25.3 Å². The van der Waals surface area contributed by atoms with Gasteiger partial charge in [0.15, 0.2) is 11.5 Å². The highest BCUT2D eigenvalue weighted by Gasteiger charge is 2.09. The minimum absolute atomic E-state index is 0.177. The predicted octanol–water partition coefficient (Wildman–Crippen LogP) is 4.09. The molecule has 5 nitrogen and oxygen atoms in total. The molecule has 2 aromatic heterocycles. The van der Waals surface area contributed by atoms with Gasteiger partial charge < -0.3 is 10.3 Å². The average Bonchev–Trinajstić information content (AvgIpc) is 2.95. The van der Waals surface area contributed by atoms with Gasteiger partial charge in [0.05, 0.1) is 6.33 Å². The summed E-state index contributed by atoms with van der Waals surface area (Å²) in [5, 5.41) is 3.43. The number of hydrogen-bond donors (Lipinski definition) is 2. The van der Waals surface area contributed by atoms with Gasteiger partial charge in [-0.25, -0.2) is 4.98 Å².